The van der Waals surface area contributed by atoms with E-state index in [1.807, 2.05) is 0 Å². The normalized spacial score (nSPS) is 10.6. The summed E-state index contributed by atoms with van der Waals surface area (Å²) in [5, 5.41) is 0. The monoisotopic (exact) mass is 220 g/mol. The van der Waals surface area contributed by atoms with Crippen LogP contribution in [0.1, 0.15) is 0 Å². The van der Waals surface area contributed by atoms with Gasteiger partial charge in [-0.15, -0.1) is 0 Å². The average Bonchev–Trinajstić information content (AvgIpc) is 2.61. The lowest BCUT2D eigenvalue weighted by molar-refractivity contribution is -0.116. The summed E-state index contributed by atoms with van der Waals surface area (Å²) in [6.07, 6.45) is 0. The lowest BCUT2D eigenvalue weighted by Gasteiger charge is -2.10. The van der Waals surface area contributed by atoms with E-state index in [1.165, 1.54) is 4.90 Å². The summed E-state index contributed by atoms with van der Waals surface area (Å²) in [7, 11) is 1.67. The third kappa shape index (κ3) is 1.77. The molecule has 1 aromatic heterocycles. The van der Waals surface area contributed by atoms with Crippen LogP contribution in [0.15, 0.2) is 22.6 Å². The Bertz CT molecular complexity index is 535. The van der Waals surface area contributed by atoms with E-state index < -0.39 is 5.91 Å². The summed E-state index contributed by atoms with van der Waals surface area (Å²) in [6, 6.07) is 5.61. The minimum absolute atomic E-state index is 0.0483. The highest BCUT2D eigenvalue weighted by Gasteiger charge is 2.13. The van der Waals surface area contributed by atoms with Crippen molar-refractivity contribution in [3.8, 4) is 0 Å². The summed E-state index contributed by atoms with van der Waals surface area (Å²) in [5.74, 6) is -0.447. The van der Waals surface area contributed by atoms with Crippen molar-refractivity contribution in [2.75, 3.05) is 24.2 Å². The number of benzene rings is 1. The van der Waals surface area contributed by atoms with E-state index in [1.54, 1.807) is 25.2 Å². The van der Waals surface area contributed by atoms with Crippen molar-refractivity contribution in [1.29, 1.82) is 0 Å². The van der Waals surface area contributed by atoms with Crippen molar-refractivity contribution in [1.82, 2.24) is 4.98 Å². The highest BCUT2D eigenvalue weighted by atomic mass is 16.4. The van der Waals surface area contributed by atoms with Gasteiger partial charge in [-0.25, -0.2) is 0 Å². The molecule has 2 aromatic rings. The molecule has 84 valence electrons. The summed E-state index contributed by atoms with van der Waals surface area (Å²) in [4.78, 5) is 16.5. The Kier molecular flexibility index (Phi) is 2.40. The molecule has 0 saturated heterocycles. The average molecular weight is 220 g/mol. The number of carbonyl (C=O) groups is 1. The van der Waals surface area contributed by atoms with Gasteiger partial charge in [0.1, 0.15) is 12.1 Å². The molecule has 1 aromatic carbocycles. The van der Waals surface area contributed by atoms with Gasteiger partial charge >= 0.3 is 0 Å². The molecule has 1 heterocycles. The first-order chi connectivity index (χ1) is 7.58. The second kappa shape index (κ2) is 3.73. The van der Waals surface area contributed by atoms with Crippen LogP contribution in [-0.4, -0.2) is 24.5 Å². The third-order valence-electron chi connectivity index (χ3n) is 2.16. The van der Waals surface area contributed by atoms with Crippen molar-refractivity contribution in [3.63, 3.8) is 0 Å². The van der Waals surface area contributed by atoms with Gasteiger partial charge in [-0.1, -0.05) is 6.07 Å². The number of hydrogen-bond donors (Lipinski definition) is 2. The highest BCUT2D eigenvalue weighted by Crippen LogP contribution is 2.24. The van der Waals surface area contributed by atoms with Gasteiger partial charge in [0.25, 0.3) is 6.01 Å². The number of hydrogen-bond acceptors (Lipinski definition) is 5. The minimum Gasteiger partial charge on any atom is -0.423 e. The summed E-state index contributed by atoms with van der Waals surface area (Å²) in [5.41, 5.74) is 12.5. The van der Waals surface area contributed by atoms with Crippen molar-refractivity contribution in [2.45, 2.75) is 0 Å². The molecule has 0 aliphatic rings. The molecule has 16 heavy (non-hydrogen) atoms. The molecular formula is C10H12N4O2. The molecule has 0 aliphatic carbocycles. The number of primary amides is 1. The van der Waals surface area contributed by atoms with Gasteiger partial charge in [-0.05, 0) is 12.1 Å². The predicted molar refractivity (Wildman–Crippen MR) is 60.9 cm³/mol. The number of nitrogens with two attached hydrogens (primary N) is 2. The molecule has 2 rings (SSSR count). The standard InChI is InChI=1S/C10H12N4O2/c1-14(5-8(12)15)10-13-9-6(11)3-2-4-7(9)16-10/h2-4H,5,11H2,1H3,(H2,12,15). The zero-order valence-corrected chi connectivity index (χ0v) is 8.80. The van der Waals surface area contributed by atoms with Gasteiger partial charge < -0.3 is 20.8 Å². The van der Waals surface area contributed by atoms with E-state index in [2.05, 4.69) is 4.98 Å². The first-order valence-corrected chi connectivity index (χ1v) is 4.72. The number of nitrogen functional groups attached to an aromatic ring is 1. The summed E-state index contributed by atoms with van der Waals surface area (Å²) >= 11 is 0. The molecule has 0 spiro atoms. The smallest absolute Gasteiger partial charge is 0.298 e. The summed E-state index contributed by atoms with van der Waals surface area (Å²) in [6.45, 7) is 0.0483. The van der Waals surface area contributed by atoms with Crippen LogP contribution in [0.25, 0.3) is 11.1 Å². The lowest BCUT2D eigenvalue weighted by Crippen LogP contribution is -2.30. The second-order valence-electron chi connectivity index (χ2n) is 3.51. The zero-order valence-electron chi connectivity index (χ0n) is 8.80. The topological polar surface area (TPSA) is 98.4 Å². The molecule has 1 amide bonds. The van der Waals surface area contributed by atoms with E-state index in [-0.39, 0.29) is 6.54 Å². The molecule has 0 saturated carbocycles. The van der Waals surface area contributed by atoms with Crippen LogP contribution in [0, 0.1) is 0 Å². The number of rotatable bonds is 3. The molecule has 0 unspecified atom stereocenters. The Morgan fingerprint density at radius 3 is 2.94 bits per heavy atom. The van der Waals surface area contributed by atoms with Crippen molar-refractivity contribution >= 4 is 28.7 Å². The fraction of sp³-hybridized carbons (Fsp3) is 0.200. The number of likely N-dealkylation sites (N-methyl/N-ethyl adjacent to an activating group) is 1. The minimum atomic E-state index is -0.447. The van der Waals surface area contributed by atoms with Gasteiger partial charge in [0.2, 0.25) is 5.91 Å². The predicted octanol–water partition coefficient (Wildman–Crippen LogP) is 0.331. The fourth-order valence-corrected chi connectivity index (χ4v) is 1.42. The van der Waals surface area contributed by atoms with Crippen LogP contribution in [0.3, 0.4) is 0 Å². The Labute approximate surface area is 91.8 Å². The second-order valence-corrected chi connectivity index (χ2v) is 3.51. The number of anilines is 2. The van der Waals surface area contributed by atoms with Gasteiger partial charge in [-0.2, -0.15) is 4.98 Å². The quantitative estimate of drug-likeness (QED) is 0.726. The van der Waals surface area contributed by atoms with Crippen LogP contribution in [0.4, 0.5) is 11.7 Å². The molecule has 0 fully saturated rings. The van der Waals surface area contributed by atoms with Crippen molar-refractivity contribution in [2.24, 2.45) is 5.73 Å². The van der Waals surface area contributed by atoms with E-state index in [4.69, 9.17) is 15.9 Å². The molecule has 0 aliphatic heterocycles. The Balaban J connectivity index is 2.39. The number of oxazole rings is 1. The maximum atomic E-state index is 10.8. The number of aromatic nitrogens is 1. The molecule has 4 N–H and O–H groups in total. The maximum absolute atomic E-state index is 10.8. The van der Waals surface area contributed by atoms with E-state index >= 15 is 0 Å². The molecular weight excluding hydrogens is 208 g/mol. The first kappa shape index (κ1) is 10.3. The Hall–Kier alpha value is -2.24. The van der Waals surface area contributed by atoms with Crippen LogP contribution in [0.2, 0.25) is 0 Å². The van der Waals surface area contributed by atoms with Crippen LogP contribution >= 0.6 is 0 Å². The largest absolute Gasteiger partial charge is 0.423 e. The molecule has 0 atom stereocenters. The number of para-hydroxylation sites is 1. The summed E-state index contributed by atoms with van der Waals surface area (Å²) < 4.78 is 5.44. The SMILES string of the molecule is CN(CC(N)=O)c1nc2c(N)cccc2o1. The molecule has 0 radical (unpaired) electrons. The van der Waals surface area contributed by atoms with Crippen LogP contribution < -0.4 is 16.4 Å². The molecule has 6 nitrogen and oxygen atoms in total. The Morgan fingerprint density at radius 1 is 1.56 bits per heavy atom. The van der Waals surface area contributed by atoms with E-state index in [9.17, 15) is 4.79 Å². The zero-order chi connectivity index (χ0) is 11.7. The van der Waals surface area contributed by atoms with Crippen LogP contribution in [0.5, 0.6) is 0 Å². The van der Waals surface area contributed by atoms with Crippen molar-refractivity contribution < 1.29 is 9.21 Å². The molecule has 0 bridgehead atoms. The van der Waals surface area contributed by atoms with Gasteiger partial charge in [0.05, 0.1) is 5.69 Å². The fourth-order valence-electron chi connectivity index (χ4n) is 1.42. The van der Waals surface area contributed by atoms with Gasteiger partial charge in [-0.3, -0.25) is 4.79 Å². The highest BCUT2D eigenvalue weighted by molar-refractivity contribution is 5.87. The number of amides is 1. The first-order valence-electron chi connectivity index (χ1n) is 4.72. The van der Waals surface area contributed by atoms with E-state index in [0.717, 1.165) is 0 Å². The van der Waals surface area contributed by atoms with Crippen molar-refractivity contribution in [3.05, 3.63) is 18.2 Å². The maximum Gasteiger partial charge on any atom is 0.298 e. The number of fused-ring (bicyclic) bond motifs is 1. The third-order valence-corrected chi connectivity index (χ3v) is 2.16. The Morgan fingerprint density at radius 2 is 2.31 bits per heavy atom. The van der Waals surface area contributed by atoms with Gasteiger partial charge in [0, 0.05) is 7.05 Å². The van der Waals surface area contributed by atoms with Crippen LogP contribution in [-0.2, 0) is 4.79 Å². The van der Waals surface area contributed by atoms with Gasteiger partial charge in [0.15, 0.2) is 5.58 Å². The lowest BCUT2D eigenvalue weighted by atomic mass is 10.3. The number of carbonyl (C=O) groups excluding carboxylic acids is 1. The van der Waals surface area contributed by atoms with E-state index in [0.29, 0.717) is 22.8 Å². The molecule has 6 heteroatoms. The number of nitrogens with zero attached hydrogens (tertiary/aromatic N) is 2.